The lowest BCUT2D eigenvalue weighted by Crippen LogP contribution is -2.12. The zero-order chi connectivity index (χ0) is 12.7. The van der Waals surface area contributed by atoms with E-state index in [1.807, 2.05) is 0 Å². The van der Waals surface area contributed by atoms with Gasteiger partial charge in [0.05, 0.1) is 6.10 Å². The average Bonchev–Trinajstić information content (AvgIpc) is 2.28. The van der Waals surface area contributed by atoms with Gasteiger partial charge in [-0.15, -0.1) is 0 Å². The molecule has 1 aromatic carbocycles. The Hall–Kier alpha value is -1.00. The van der Waals surface area contributed by atoms with E-state index in [9.17, 15) is 13.9 Å². The van der Waals surface area contributed by atoms with Crippen molar-refractivity contribution < 1.29 is 18.6 Å². The van der Waals surface area contributed by atoms with Crippen molar-refractivity contribution in [1.82, 2.24) is 0 Å². The molecule has 1 unspecified atom stereocenters. The van der Waals surface area contributed by atoms with Crippen LogP contribution in [0.4, 0.5) is 8.78 Å². The van der Waals surface area contributed by atoms with E-state index in [0.29, 0.717) is 18.6 Å². The van der Waals surface area contributed by atoms with E-state index in [0.717, 1.165) is 18.9 Å². The minimum Gasteiger partial charge on any atom is -0.393 e. The normalized spacial score (nSPS) is 12.7. The maximum absolute atomic E-state index is 13.3. The molecule has 2 nitrogen and oxygen atoms in total. The first-order valence-corrected chi connectivity index (χ1v) is 5.74. The summed E-state index contributed by atoms with van der Waals surface area (Å²) in [7, 11) is 1.63. The third kappa shape index (κ3) is 5.24. The van der Waals surface area contributed by atoms with Gasteiger partial charge >= 0.3 is 0 Å². The summed E-state index contributed by atoms with van der Waals surface area (Å²) in [6, 6.07) is 3.42. The number of halogens is 2. The van der Waals surface area contributed by atoms with Gasteiger partial charge < -0.3 is 9.84 Å². The predicted molar refractivity (Wildman–Crippen MR) is 61.8 cm³/mol. The van der Waals surface area contributed by atoms with Crippen LogP contribution in [0.25, 0.3) is 0 Å². The van der Waals surface area contributed by atoms with Gasteiger partial charge in [0.1, 0.15) is 11.6 Å². The van der Waals surface area contributed by atoms with Crippen LogP contribution in [0, 0.1) is 11.6 Å². The van der Waals surface area contributed by atoms with Crippen LogP contribution in [0.5, 0.6) is 0 Å². The van der Waals surface area contributed by atoms with Crippen LogP contribution in [0.2, 0.25) is 0 Å². The molecule has 0 spiro atoms. The first-order chi connectivity index (χ1) is 8.13. The Morgan fingerprint density at radius 1 is 1.29 bits per heavy atom. The number of aliphatic hydroxyl groups excluding tert-OH is 1. The van der Waals surface area contributed by atoms with Crippen LogP contribution in [-0.4, -0.2) is 24.9 Å². The number of ether oxygens (including phenoxy) is 1. The Balaban J connectivity index is 2.37. The Kier molecular flexibility index (Phi) is 6.08. The molecule has 1 rings (SSSR count). The number of benzene rings is 1. The van der Waals surface area contributed by atoms with Crippen LogP contribution in [0.15, 0.2) is 18.2 Å². The summed E-state index contributed by atoms with van der Waals surface area (Å²) in [5, 5.41) is 9.69. The molecule has 0 saturated carbocycles. The number of rotatable bonds is 7. The highest BCUT2D eigenvalue weighted by atomic mass is 19.1. The number of hydrogen-bond donors (Lipinski definition) is 1. The van der Waals surface area contributed by atoms with Crippen molar-refractivity contribution >= 4 is 0 Å². The number of hydrogen-bond acceptors (Lipinski definition) is 2. The molecule has 0 aromatic heterocycles. The summed E-state index contributed by atoms with van der Waals surface area (Å²) in [5.74, 6) is -1.19. The molecule has 1 atom stereocenters. The summed E-state index contributed by atoms with van der Waals surface area (Å²) >= 11 is 0. The highest BCUT2D eigenvalue weighted by molar-refractivity contribution is 5.19. The van der Waals surface area contributed by atoms with E-state index in [4.69, 9.17) is 4.74 Å². The molecule has 17 heavy (non-hydrogen) atoms. The first-order valence-electron chi connectivity index (χ1n) is 5.74. The van der Waals surface area contributed by atoms with Gasteiger partial charge in [-0.3, -0.25) is 0 Å². The van der Waals surface area contributed by atoms with Crippen molar-refractivity contribution in [3.05, 3.63) is 35.4 Å². The van der Waals surface area contributed by atoms with Crippen LogP contribution in [0.3, 0.4) is 0 Å². The molecule has 96 valence electrons. The zero-order valence-corrected chi connectivity index (χ0v) is 9.96. The van der Waals surface area contributed by atoms with Crippen molar-refractivity contribution in [2.75, 3.05) is 13.7 Å². The number of unbranched alkanes of at least 4 members (excludes halogenated alkanes) is 1. The van der Waals surface area contributed by atoms with Crippen molar-refractivity contribution in [3.63, 3.8) is 0 Å². The minimum absolute atomic E-state index is 0.221. The smallest absolute Gasteiger partial charge is 0.129 e. The lowest BCUT2D eigenvalue weighted by molar-refractivity contribution is 0.148. The van der Waals surface area contributed by atoms with E-state index in [1.165, 1.54) is 12.1 Å². The summed E-state index contributed by atoms with van der Waals surface area (Å²) < 4.78 is 30.8. The Labute approximate surface area is 100 Å². The summed E-state index contributed by atoms with van der Waals surface area (Å²) in [4.78, 5) is 0. The molecule has 0 radical (unpaired) electrons. The zero-order valence-electron chi connectivity index (χ0n) is 9.96. The van der Waals surface area contributed by atoms with Crippen LogP contribution < -0.4 is 0 Å². The minimum atomic E-state index is -0.596. The number of aliphatic hydroxyl groups is 1. The van der Waals surface area contributed by atoms with Gasteiger partial charge in [-0.1, -0.05) is 6.07 Å². The summed E-state index contributed by atoms with van der Waals surface area (Å²) in [6.07, 6.45) is 1.93. The van der Waals surface area contributed by atoms with Crippen molar-refractivity contribution in [1.29, 1.82) is 0 Å². The molecule has 0 bridgehead atoms. The maximum Gasteiger partial charge on any atom is 0.129 e. The molecule has 0 aliphatic heterocycles. The molecule has 0 heterocycles. The quantitative estimate of drug-likeness (QED) is 0.747. The van der Waals surface area contributed by atoms with Gasteiger partial charge in [0.25, 0.3) is 0 Å². The van der Waals surface area contributed by atoms with Gasteiger partial charge in [-0.05, 0) is 30.9 Å². The molecule has 1 N–H and O–H groups in total. The lowest BCUT2D eigenvalue weighted by atomic mass is 10.0. The SMILES string of the molecule is COCCCCC(O)Cc1ccc(F)cc1F. The van der Waals surface area contributed by atoms with E-state index in [2.05, 4.69) is 0 Å². The molecule has 4 heteroatoms. The van der Waals surface area contributed by atoms with Gasteiger partial charge in [-0.2, -0.15) is 0 Å². The van der Waals surface area contributed by atoms with E-state index in [-0.39, 0.29) is 6.42 Å². The fraction of sp³-hybridized carbons (Fsp3) is 0.538. The molecular weight excluding hydrogens is 226 g/mol. The Bertz CT molecular complexity index is 342. The fourth-order valence-corrected chi connectivity index (χ4v) is 1.67. The first kappa shape index (κ1) is 14.1. The molecule has 0 aliphatic rings. The molecule has 0 saturated heterocycles. The molecule has 1 aromatic rings. The largest absolute Gasteiger partial charge is 0.393 e. The van der Waals surface area contributed by atoms with Crippen LogP contribution >= 0.6 is 0 Å². The van der Waals surface area contributed by atoms with E-state index in [1.54, 1.807) is 7.11 Å². The van der Waals surface area contributed by atoms with Crippen molar-refractivity contribution in [3.8, 4) is 0 Å². The average molecular weight is 244 g/mol. The third-order valence-corrected chi connectivity index (χ3v) is 2.61. The molecule has 0 fully saturated rings. The predicted octanol–water partition coefficient (Wildman–Crippen LogP) is 2.68. The van der Waals surface area contributed by atoms with Gasteiger partial charge in [0, 0.05) is 26.2 Å². The summed E-state index contributed by atoms with van der Waals surface area (Å²) in [6.45, 7) is 0.664. The van der Waals surface area contributed by atoms with E-state index >= 15 is 0 Å². The van der Waals surface area contributed by atoms with Gasteiger partial charge in [0.15, 0.2) is 0 Å². The number of methoxy groups -OCH3 is 1. The monoisotopic (exact) mass is 244 g/mol. The Morgan fingerprint density at radius 2 is 2.06 bits per heavy atom. The molecule has 0 aliphatic carbocycles. The maximum atomic E-state index is 13.3. The topological polar surface area (TPSA) is 29.5 Å². The lowest BCUT2D eigenvalue weighted by Gasteiger charge is -2.11. The fourth-order valence-electron chi connectivity index (χ4n) is 1.67. The van der Waals surface area contributed by atoms with Crippen molar-refractivity contribution in [2.24, 2.45) is 0 Å². The third-order valence-electron chi connectivity index (χ3n) is 2.61. The highest BCUT2D eigenvalue weighted by Crippen LogP contribution is 2.14. The molecular formula is C13H18F2O2. The second-order valence-electron chi connectivity index (χ2n) is 4.08. The second-order valence-corrected chi connectivity index (χ2v) is 4.08. The Morgan fingerprint density at radius 3 is 2.71 bits per heavy atom. The van der Waals surface area contributed by atoms with Crippen molar-refractivity contribution in [2.45, 2.75) is 31.8 Å². The standard InChI is InChI=1S/C13H18F2O2/c1-17-7-3-2-4-12(16)8-10-5-6-11(14)9-13(10)15/h5-6,9,12,16H,2-4,7-8H2,1H3. The van der Waals surface area contributed by atoms with Gasteiger partial charge in [0.2, 0.25) is 0 Å². The molecule has 0 amide bonds. The van der Waals surface area contributed by atoms with E-state index < -0.39 is 17.7 Å². The highest BCUT2D eigenvalue weighted by Gasteiger charge is 2.10. The van der Waals surface area contributed by atoms with Gasteiger partial charge in [-0.25, -0.2) is 8.78 Å². The second kappa shape index (κ2) is 7.35. The van der Waals surface area contributed by atoms with Crippen LogP contribution in [-0.2, 0) is 11.2 Å². The van der Waals surface area contributed by atoms with Crippen LogP contribution in [0.1, 0.15) is 24.8 Å². The summed E-state index contributed by atoms with van der Waals surface area (Å²) in [5.41, 5.74) is 0.352.